The third kappa shape index (κ3) is 8.60. The van der Waals surface area contributed by atoms with Gasteiger partial charge in [0.05, 0.1) is 79.0 Å². The zero-order valence-electron chi connectivity index (χ0n) is 25.4. The molecule has 2 aromatic heterocycles. The van der Waals surface area contributed by atoms with E-state index >= 15 is 0 Å². The number of nitrogens with one attached hydrogen (secondary N) is 1. The number of esters is 1. The van der Waals surface area contributed by atoms with E-state index in [2.05, 4.69) is 20.2 Å². The number of aliphatic hydroxyl groups is 1. The molecule has 2 aromatic carbocycles. The molecule has 260 valence electrons. The first-order chi connectivity index (χ1) is 23.4. The van der Waals surface area contributed by atoms with Crippen LogP contribution in [0.15, 0.2) is 60.8 Å². The summed E-state index contributed by atoms with van der Waals surface area (Å²) < 4.78 is 111. The summed E-state index contributed by atoms with van der Waals surface area (Å²) in [7, 11) is 0. The van der Waals surface area contributed by atoms with E-state index in [-0.39, 0.29) is 75.0 Å². The van der Waals surface area contributed by atoms with E-state index in [0.29, 0.717) is 23.5 Å². The molecule has 3 heterocycles. The minimum absolute atomic E-state index is 0.00199. The first kappa shape index (κ1) is 35.4. The minimum atomic E-state index is -5.14. The molecule has 0 saturated carbocycles. The molecule has 4 aromatic rings. The van der Waals surface area contributed by atoms with Crippen molar-refractivity contribution in [3.8, 4) is 22.6 Å². The van der Waals surface area contributed by atoms with Gasteiger partial charge in [-0.25, -0.2) is 14.2 Å². The van der Waals surface area contributed by atoms with Crippen molar-refractivity contribution in [2.75, 3.05) is 39.6 Å². The lowest BCUT2D eigenvalue weighted by Gasteiger charge is -2.30. The van der Waals surface area contributed by atoms with Gasteiger partial charge in [-0.15, -0.1) is 0 Å². The molecule has 17 heteroatoms. The van der Waals surface area contributed by atoms with Gasteiger partial charge in [-0.3, -0.25) is 0 Å². The van der Waals surface area contributed by atoms with Crippen LogP contribution in [0.2, 0.25) is 0 Å². The molecule has 0 bridgehead atoms. The summed E-state index contributed by atoms with van der Waals surface area (Å²) in [4.78, 5) is 22.4. The topological polar surface area (TPSA) is 123 Å². The van der Waals surface area contributed by atoms with Gasteiger partial charge in [0.1, 0.15) is 18.2 Å². The van der Waals surface area contributed by atoms with Gasteiger partial charge in [0.15, 0.2) is 6.04 Å². The number of imidazole rings is 1. The number of carbonyl (C=O) groups excluding carboxylic acids is 1. The Balaban J connectivity index is 1.40. The fraction of sp³-hybridized carbons (Fsp3) is 0.312. The van der Waals surface area contributed by atoms with Gasteiger partial charge in [-0.1, -0.05) is 18.2 Å². The van der Waals surface area contributed by atoms with Crippen molar-refractivity contribution in [1.29, 1.82) is 0 Å². The highest BCUT2D eigenvalue weighted by Gasteiger charge is 2.39. The zero-order chi connectivity index (χ0) is 35.2. The number of hydrogen-bond donors (Lipinski definition) is 2. The number of aromatic nitrogens is 4. The fourth-order valence-corrected chi connectivity index (χ4v) is 4.94. The maximum Gasteiger partial charge on any atom is 0.417 e. The van der Waals surface area contributed by atoms with Crippen LogP contribution in [0.4, 0.5) is 30.7 Å². The molecule has 5 rings (SSSR count). The molecule has 1 aliphatic heterocycles. The van der Waals surface area contributed by atoms with E-state index in [1.54, 1.807) is 18.2 Å². The molecular weight excluding hydrogens is 667 g/mol. The molecule has 0 fully saturated rings. The Hall–Kier alpha value is -4.87. The number of alkyl halides is 6. The lowest BCUT2D eigenvalue weighted by molar-refractivity contribution is -0.151. The van der Waals surface area contributed by atoms with Crippen LogP contribution in [0.1, 0.15) is 34.3 Å². The molecule has 49 heavy (non-hydrogen) atoms. The van der Waals surface area contributed by atoms with Crippen LogP contribution in [0, 0.1) is 5.82 Å². The molecule has 0 radical (unpaired) electrons. The number of rotatable bonds is 13. The SMILES string of the molecule is O=C(OCCOCCOCCO)C(c1ccc(-c2ccc(C(F)(F)F)cc2C(F)(F)F)nn1)N1C=Cc2nc(-c3ccccc3F)[nH]c2C1. The second kappa shape index (κ2) is 15.1. The predicted octanol–water partition coefficient (Wildman–Crippen LogP) is 5.81. The van der Waals surface area contributed by atoms with Crippen LogP contribution in [-0.4, -0.2) is 75.8 Å². The van der Waals surface area contributed by atoms with E-state index in [9.17, 15) is 35.5 Å². The molecule has 1 atom stereocenters. The van der Waals surface area contributed by atoms with Crippen LogP contribution in [0.5, 0.6) is 0 Å². The second-order valence-corrected chi connectivity index (χ2v) is 10.5. The van der Waals surface area contributed by atoms with E-state index < -0.39 is 46.9 Å². The Morgan fingerprint density at radius 3 is 2.31 bits per heavy atom. The molecule has 0 amide bonds. The third-order valence-electron chi connectivity index (χ3n) is 7.23. The van der Waals surface area contributed by atoms with Crippen LogP contribution in [0.25, 0.3) is 28.7 Å². The number of aromatic amines is 1. The summed E-state index contributed by atoms with van der Waals surface area (Å²) in [5.41, 5.74) is -2.90. The summed E-state index contributed by atoms with van der Waals surface area (Å²) in [6.07, 6.45) is -7.07. The Labute approximate surface area is 274 Å². The standard InChI is InChI=1S/C32H28F7N5O5/c33-23-4-2-1-3-21(23)29-40-25-9-10-44(18-27(25)41-29)28(30(46)49-16-15-48-14-13-47-12-11-45)26-8-7-24(42-43-26)20-6-5-19(31(34,35)36)17-22(20)32(37,38)39/h1-10,17,28,45H,11-16,18H2,(H,40,41). The molecule has 10 nitrogen and oxygen atoms in total. The normalized spacial score (nSPS) is 13.8. The lowest BCUT2D eigenvalue weighted by atomic mass is 10.00. The molecule has 0 aliphatic carbocycles. The van der Waals surface area contributed by atoms with Crippen molar-refractivity contribution in [3.05, 3.63) is 94.8 Å². The van der Waals surface area contributed by atoms with Crippen LogP contribution in [-0.2, 0) is 37.9 Å². The summed E-state index contributed by atoms with van der Waals surface area (Å²) in [5.74, 6) is -1.08. The number of nitrogens with zero attached hydrogens (tertiary/aromatic N) is 4. The van der Waals surface area contributed by atoms with Gasteiger partial charge in [-0.05, 0) is 42.5 Å². The van der Waals surface area contributed by atoms with Gasteiger partial charge < -0.3 is 29.2 Å². The third-order valence-corrected chi connectivity index (χ3v) is 7.23. The summed E-state index contributed by atoms with van der Waals surface area (Å²) >= 11 is 0. The van der Waals surface area contributed by atoms with E-state index in [4.69, 9.17) is 19.3 Å². The Morgan fingerprint density at radius 1 is 0.898 bits per heavy atom. The van der Waals surface area contributed by atoms with Gasteiger partial charge in [0.2, 0.25) is 0 Å². The average Bonchev–Trinajstić information content (AvgIpc) is 3.49. The number of aliphatic hydroxyl groups excluding tert-OH is 1. The highest BCUT2D eigenvalue weighted by atomic mass is 19.4. The van der Waals surface area contributed by atoms with Crippen LogP contribution in [0.3, 0.4) is 0 Å². The van der Waals surface area contributed by atoms with Gasteiger partial charge in [0, 0.05) is 11.8 Å². The number of carbonyl (C=O) groups is 1. The first-order valence-corrected chi connectivity index (χ1v) is 14.7. The fourth-order valence-electron chi connectivity index (χ4n) is 4.94. The minimum Gasteiger partial charge on any atom is -0.461 e. The summed E-state index contributed by atoms with van der Waals surface area (Å²) in [5, 5.41) is 16.6. The molecule has 1 aliphatic rings. The van der Waals surface area contributed by atoms with E-state index in [0.717, 1.165) is 6.07 Å². The van der Waals surface area contributed by atoms with E-state index in [1.165, 1.54) is 29.3 Å². The quantitative estimate of drug-likeness (QED) is 0.101. The monoisotopic (exact) mass is 695 g/mol. The molecular formula is C32H28F7N5O5. The van der Waals surface area contributed by atoms with Gasteiger partial charge in [0.25, 0.3) is 0 Å². The number of fused-ring (bicyclic) bond motifs is 1. The number of H-pyrrole nitrogens is 1. The maximum atomic E-state index is 14.4. The molecule has 0 spiro atoms. The second-order valence-electron chi connectivity index (χ2n) is 10.5. The van der Waals surface area contributed by atoms with Crippen molar-refractivity contribution in [3.63, 3.8) is 0 Å². The van der Waals surface area contributed by atoms with Crippen molar-refractivity contribution >= 4 is 12.0 Å². The Morgan fingerprint density at radius 2 is 1.63 bits per heavy atom. The van der Waals surface area contributed by atoms with Crippen molar-refractivity contribution in [2.24, 2.45) is 0 Å². The molecule has 1 unspecified atom stereocenters. The Kier molecular flexibility index (Phi) is 10.9. The van der Waals surface area contributed by atoms with Gasteiger partial charge >= 0.3 is 18.3 Å². The number of hydrogen-bond acceptors (Lipinski definition) is 9. The van der Waals surface area contributed by atoms with Crippen molar-refractivity contribution in [1.82, 2.24) is 25.1 Å². The van der Waals surface area contributed by atoms with Gasteiger partial charge in [-0.2, -0.15) is 36.5 Å². The van der Waals surface area contributed by atoms with Crippen LogP contribution < -0.4 is 0 Å². The Bertz CT molecular complexity index is 1780. The highest BCUT2D eigenvalue weighted by molar-refractivity contribution is 5.78. The van der Waals surface area contributed by atoms with Crippen molar-refractivity contribution in [2.45, 2.75) is 24.9 Å². The number of halogens is 7. The van der Waals surface area contributed by atoms with Crippen molar-refractivity contribution < 1.29 is 54.8 Å². The highest BCUT2D eigenvalue weighted by Crippen LogP contribution is 2.40. The largest absolute Gasteiger partial charge is 0.461 e. The zero-order valence-corrected chi connectivity index (χ0v) is 25.4. The lowest BCUT2D eigenvalue weighted by Crippen LogP contribution is -2.34. The molecule has 2 N–H and O–H groups in total. The number of benzene rings is 2. The smallest absolute Gasteiger partial charge is 0.417 e. The van der Waals surface area contributed by atoms with E-state index in [1.807, 2.05) is 0 Å². The predicted molar refractivity (Wildman–Crippen MR) is 158 cm³/mol. The maximum absolute atomic E-state index is 14.4. The first-order valence-electron chi connectivity index (χ1n) is 14.7. The van der Waals surface area contributed by atoms with Crippen LogP contribution >= 0.6 is 0 Å². The average molecular weight is 696 g/mol. The summed E-state index contributed by atoms with van der Waals surface area (Å²) in [6.45, 7) is 0.184. The number of ether oxygens (including phenoxy) is 3. The molecule has 0 saturated heterocycles. The summed E-state index contributed by atoms with van der Waals surface area (Å²) in [6, 6.07) is 8.21.